The van der Waals surface area contributed by atoms with Gasteiger partial charge in [0.25, 0.3) is 0 Å². The fourth-order valence-electron chi connectivity index (χ4n) is 10.9. The number of carbonyl (C=O) groups excluding carboxylic acids is 4. The molecule has 0 aromatic rings. The largest absolute Gasteiger partial charge is 0.472 e. The van der Waals surface area contributed by atoms with Crippen molar-refractivity contribution in [2.75, 3.05) is 39.6 Å². The zero-order chi connectivity index (χ0) is 78.9. The second-order valence-electron chi connectivity index (χ2n) is 27.7. The monoisotopic (exact) mass is 1550 g/mol. The summed E-state index contributed by atoms with van der Waals surface area (Å²) in [6, 6.07) is 0. The lowest BCUT2D eigenvalue weighted by molar-refractivity contribution is -0.161. The van der Waals surface area contributed by atoms with E-state index < -0.39 is 97.5 Å². The predicted molar refractivity (Wildman–Crippen MR) is 445 cm³/mol. The average Bonchev–Trinajstić information content (AvgIpc) is 0.923. The Hall–Kier alpha value is -5.06. The number of hydrogen-bond acceptors (Lipinski definition) is 15. The summed E-state index contributed by atoms with van der Waals surface area (Å²) in [5.41, 5.74) is 0. The van der Waals surface area contributed by atoms with Crippen molar-refractivity contribution in [1.29, 1.82) is 0 Å². The van der Waals surface area contributed by atoms with E-state index in [4.69, 9.17) is 37.0 Å². The topological polar surface area (TPSA) is 237 Å². The summed E-state index contributed by atoms with van der Waals surface area (Å²) < 4.78 is 68.6. The molecule has 0 bridgehead atoms. The van der Waals surface area contributed by atoms with Crippen LogP contribution in [0.2, 0.25) is 0 Å². The van der Waals surface area contributed by atoms with Crippen molar-refractivity contribution in [2.45, 2.75) is 354 Å². The van der Waals surface area contributed by atoms with Crippen LogP contribution < -0.4 is 0 Å². The molecule has 618 valence electrons. The predicted octanol–water partition coefficient (Wildman–Crippen LogP) is 25.0. The number of esters is 4. The average molecular weight is 1550 g/mol. The Morgan fingerprint density at radius 3 is 0.843 bits per heavy atom. The summed E-state index contributed by atoms with van der Waals surface area (Å²) in [6.45, 7) is 4.61. The number of hydrogen-bond donors (Lipinski definition) is 3. The fraction of sp³-hybridized carbons (Fsp3) is 0.685. The molecule has 0 aliphatic carbocycles. The number of allylic oxidation sites excluding steroid dienone is 24. The third-order valence-electron chi connectivity index (χ3n) is 17.3. The maximum Gasteiger partial charge on any atom is 0.472 e. The molecule has 0 amide bonds. The Morgan fingerprint density at radius 2 is 0.500 bits per heavy atom. The summed E-state index contributed by atoms with van der Waals surface area (Å²) in [6.07, 6.45) is 92.5. The third kappa shape index (κ3) is 79.0. The van der Waals surface area contributed by atoms with Gasteiger partial charge in [0.15, 0.2) is 12.2 Å². The molecule has 0 heterocycles. The second kappa shape index (κ2) is 80.0. The van der Waals surface area contributed by atoms with Crippen molar-refractivity contribution in [3.63, 3.8) is 0 Å². The highest BCUT2D eigenvalue weighted by Gasteiger charge is 2.30. The lowest BCUT2D eigenvalue weighted by Crippen LogP contribution is -2.30. The first-order valence-corrected chi connectivity index (χ1v) is 45.1. The number of rotatable bonds is 78. The Labute approximate surface area is 656 Å². The van der Waals surface area contributed by atoms with Crippen LogP contribution in [0.15, 0.2) is 146 Å². The van der Waals surface area contributed by atoms with Crippen molar-refractivity contribution >= 4 is 39.5 Å². The Morgan fingerprint density at radius 1 is 0.269 bits per heavy atom. The normalized spacial score (nSPS) is 14.5. The number of carbonyl (C=O) groups is 4. The van der Waals surface area contributed by atoms with E-state index in [0.717, 1.165) is 167 Å². The minimum absolute atomic E-state index is 0.0332. The van der Waals surface area contributed by atoms with Gasteiger partial charge in [-0.2, -0.15) is 0 Å². The molecule has 0 radical (unpaired) electrons. The molecule has 0 saturated heterocycles. The first-order valence-electron chi connectivity index (χ1n) is 42.1. The van der Waals surface area contributed by atoms with E-state index in [0.29, 0.717) is 32.1 Å². The van der Waals surface area contributed by atoms with Gasteiger partial charge in [-0.15, -0.1) is 0 Å². The van der Waals surface area contributed by atoms with Crippen LogP contribution in [0, 0.1) is 0 Å². The molecule has 0 aliphatic rings. The molecular weight excluding hydrogens is 1400 g/mol. The van der Waals surface area contributed by atoms with Crippen LogP contribution in [-0.2, 0) is 65.4 Å². The van der Waals surface area contributed by atoms with Gasteiger partial charge in [-0.25, -0.2) is 9.13 Å². The Balaban J connectivity index is 5.47. The van der Waals surface area contributed by atoms with Gasteiger partial charge in [-0.3, -0.25) is 37.3 Å². The minimum atomic E-state index is -5.00. The Bertz CT molecular complexity index is 2610. The summed E-state index contributed by atoms with van der Waals surface area (Å²) in [7, 11) is -10.0. The van der Waals surface area contributed by atoms with Crippen LogP contribution in [0.5, 0.6) is 0 Å². The van der Waals surface area contributed by atoms with E-state index in [2.05, 4.69) is 161 Å². The molecule has 0 aromatic heterocycles. The lowest BCUT2D eigenvalue weighted by Gasteiger charge is -2.21. The first-order chi connectivity index (χ1) is 52.7. The molecule has 5 atom stereocenters. The van der Waals surface area contributed by atoms with Gasteiger partial charge >= 0.3 is 39.5 Å². The maximum atomic E-state index is 13.1. The van der Waals surface area contributed by atoms with Crippen molar-refractivity contribution in [1.82, 2.24) is 0 Å². The lowest BCUT2D eigenvalue weighted by atomic mass is 10.1. The molecule has 0 aliphatic heterocycles. The molecule has 3 N–H and O–H groups in total. The zero-order valence-electron chi connectivity index (χ0n) is 67.7. The maximum absolute atomic E-state index is 13.1. The Kier molecular flexibility index (Phi) is 76.3. The van der Waals surface area contributed by atoms with Crippen LogP contribution in [0.3, 0.4) is 0 Å². The standard InChI is InChI=1S/C89H150O17P2/c1-5-9-13-17-21-25-29-33-37-39-41-43-47-49-53-57-61-65-69-73-86(91)99-79-84(105-88(93)75-71-67-63-59-55-51-45-35-31-27-23-19-15-11-7-3)81-103-107(95,96)101-77-83(90)78-102-108(97,98)104-82-85(106-89(94)76-72-68-64-60-56-52-46-36-32-28-24-20-16-12-8-4)80-100-87(92)74-70-66-62-58-54-50-48-44-42-40-38-34-30-26-22-18-14-10-6-2/h9,13,21-22,25-27,31,33-34,36-38,41-44,46,49-50,53-54,62,66,83-85,90H,5-8,10-12,14-20,23-24,28-30,32,35,39-40,45,47-48,51-52,55-61,63-65,67-82H2,1-4H3,(H,95,96)(H,97,98)/b13-9-,25-21-,26-22-,31-27-,37-33-,38-34-,43-41-,44-42-,46-36-,53-49-,54-50-,66-62-/t83-,84-,85-/m1/s1. The van der Waals surface area contributed by atoms with Crippen molar-refractivity contribution in [3.05, 3.63) is 146 Å². The minimum Gasteiger partial charge on any atom is -0.462 e. The van der Waals surface area contributed by atoms with Gasteiger partial charge in [0.05, 0.1) is 26.4 Å². The van der Waals surface area contributed by atoms with E-state index >= 15 is 0 Å². The highest BCUT2D eigenvalue weighted by atomic mass is 31.2. The molecule has 17 nitrogen and oxygen atoms in total. The van der Waals surface area contributed by atoms with Gasteiger partial charge in [-0.1, -0.05) is 296 Å². The molecule has 0 spiro atoms. The highest BCUT2D eigenvalue weighted by Crippen LogP contribution is 2.45. The molecule has 19 heteroatoms. The molecule has 2 unspecified atom stereocenters. The van der Waals surface area contributed by atoms with Crippen molar-refractivity contribution in [2.24, 2.45) is 0 Å². The summed E-state index contributed by atoms with van der Waals surface area (Å²) >= 11 is 0. The highest BCUT2D eigenvalue weighted by molar-refractivity contribution is 7.47. The van der Waals surface area contributed by atoms with E-state index in [1.165, 1.54) is 83.5 Å². The number of aliphatic hydroxyl groups excluding tert-OH is 1. The summed E-state index contributed by atoms with van der Waals surface area (Å²) in [5.74, 6) is -2.32. The van der Waals surface area contributed by atoms with Crippen LogP contribution in [0.1, 0.15) is 336 Å². The number of phosphoric ester groups is 2. The molecule has 0 saturated carbocycles. The molecule has 0 fully saturated rings. The van der Waals surface area contributed by atoms with Crippen molar-refractivity contribution in [3.8, 4) is 0 Å². The van der Waals surface area contributed by atoms with E-state index in [1.807, 2.05) is 12.2 Å². The third-order valence-corrected chi connectivity index (χ3v) is 19.2. The van der Waals surface area contributed by atoms with Crippen molar-refractivity contribution < 1.29 is 80.2 Å². The van der Waals surface area contributed by atoms with Gasteiger partial charge in [0, 0.05) is 25.7 Å². The van der Waals surface area contributed by atoms with E-state index in [1.54, 1.807) is 0 Å². The van der Waals surface area contributed by atoms with E-state index in [-0.39, 0.29) is 25.7 Å². The van der Waals surface area contributed by atoms with Crippen LogP contribution in [0.4, 0.5) is 0 Å². The second-order valence-corrected chi connectivity index (χ2v) is 30.6. The summed E-state index contributed by atoms with van der Waals surface area (Å²) in [5, 5.41) is 10.7. The number of ether oxygens (including phenoxy) is 4. The van der Waals surface area contributed by atoms with Crippen LogP contribution in [-0.4, -0.2) is 96.7 Å². The van der Waals surface area contributed by atoms with Gasteiger partial charge in [0.2, 0.25) is 0 Å². The van der Waals surface area contributed by atoms with Gasteiger partial charge in [-0.05, 0) is 161 Å². The quantitative estimate of drug-likeness (QED) is 0.0169. The van der Waals surface area contributed by atoms with Crippen LogP contribution >= 0.6 is 15.6 Å². The van der Waals surface area contributed by atoms with Gasteiger partial charge in [0.1, 0.15) is 19.3 Å². The first kappa shape index (κ1) is 103. The fourth-order valence-corrected chi connectivity index (χ4v) is 12.4. The molecule has 108 heavy (non-hydrogen) atoms. The number of aliphatic hydroxyl groups is 1. The smallest absolute Gasteiger partial charge is 0.462 e. The van der Waals surface area contributed by atoms with Crippen LogP contribution in [0.25, 0.3) is 0 Å². The molecule has 0 rings (SSSR count). The SMILES string of the molecule is CC/C=C\C/C=C\C/C=C\C/C=C\C/C=C\CCCCCC(=O)OC[C@H](COP(=O)(O)OC[C@@H](O)COP(=O)(O)OC[C@@H](COC(=O)CC/C=C\C/C=C\C/C=C\C/C=C\C/C=C\CCCCC)OC(=O)CCCCCCC/C=C\CCCCCCCC)OC(=O)CCCCCCCCC/C=C\CCCCCC. The zero-order valence-corrected chi connectivity index (χ0v) is 69.5. The molecule has 0 aromatic carbocycles. The molecular formula is C89H150O17P2. The number of unbranched alkanes of at least 4 members (excludes halogenated alkanes) is 28. The van der Waals surface area contributed by atoms with Gasteiger partial charge < -0.3 is 33.8 Å². The number of phosphoric acid groups is 2. The van der Waals surface area contributed by atoms with E-state index in [9.17, 15) is 43.2 Å². The summed E-state index contributed by atoms with van der Waals surface area (Å²) in [4.78, 5) is 73.1.